The molecule has 6 nitrogen and oxygen atoms in total. The number of likely N-dealkylation sites (tertiary alicyclic amines) is 1. The zero-order valence-corrected chi connectivity index (χ0v) is 15.2. The Bertz CT molecular complexity index is 631. The lowest BCUT2D eigenvalue weighted by Gasteiger charge is -2.20. The molecule has 1 aromatic heterocycles. The lowest BCUT2D eigenvalue weighted by atomic mass is 10.1. The summed E-state index contributed by atoms with van der Waals surface area (Å²) in [5, 5.41) is 4.11. The number of methoxy groups -OCH3 is 1. The zero-order valence-electron chi connectivity index (χ0n) is 15.2. The Kier molecular flexibility index (Phi) is 6.55. The van der Waals surface area contributed by atoms with Crippen molar-refractivity contribution < 1.29 is 9.26 Å². The van der Waals surface area contributed by atoms with Crippen LogP contribution in [0.2, 0.25) is 0 Å². The van der Waals surface area contributed by atoms with E-state index < -0.39 is 0 Å². The fraction of sp³-hybridized carbons (Fsp3) is 0.579. The highest BCUT2D eigenvalue weighted by atomic mass is 16.5. The first kappa shape index (κ1) is 18.0. The quantitative estimate of drug-likeness (QED) is 0.694. The Morgan fingerprint density at radius 1 is 1.32 bits per heavy atom. The summed E-state index contributed by atoms with van der Waals surface area (Å²) in [5.41, 5.74) is 1.20. The fourth-order valence-corrected chi connectivity index (χ4v) is 3.43. The SMILES string of the molecule is COCCN1CC[C@H](CN(C)Cc2nc(Cc3ccccc3)no2)C1. The van der Waals surface area contributed by atoms with E-state index in [0.29, 0.717) is 24.8 Å². The normalized spacial score (nSPS) is 18.3. The van der Waals surface area contributed by atoms with E-state index in [1.165, 1.54) is 18.5 Å². The van der Waals surface area contributed by atoms with Gasteiger partial charge in [-0.3, -0.25) is 4.90 Å². The number of rotatable bonds is 9. The van der Waals surface area contributed by atoms with Gasteiger partial charge >= 0.3 is 0 Å². The molecule has 2 heterocycles. The molecule has 0 bridgehead atoms. The minimum Gasteiger partial charge on any atom is -0.383 e. The summed E-state index contributed by atoms with van der Waals surface area (Å²) in [7, 11) is 3.89. The summed E-state index contributed by atoms with van der Waals surface area (Å²) in [6.07, 6.45) is 1.96. The molecule has 25 heavy (non-hydrogen) atoms. The van der Waals surface area contributed by atoms with Gasteiger partial charge in [0.2, 0.25) is 5.89 Å². The number of benzene rings is 1. The summed E-state index contributed by atoms with van der Waals surface area (Å²) in [6, 6.07) is 10.2. The Balaban J connectivity index is 1.43. The first-order valence-electron chi connectivity index (χ1n) is 8.98. The van der Waals surface area contributed by atoms with Crippen molar-refractivity contribution >= 4 is 0 Å². The lowest BCUT2D eigenvalue weighted by Crippen LogP contribution is -2.29. The summed E-state index contributed by atoms with van der Waals surface area (Å²) in [4.78, 5) is 9.29. The average Bonchev–Trinajstić information content (AvgIpc) is 3.23. The van der Waals surface area contributed by atoms with Crippen molar-refractivity contribution in [2.45, 2.75) is 19.4 Å². The first-order chi connectivity index (χ1) is 12.2. The largest absolute Gasteiger partial charge is 0.383 e. The van der Waals surface area contributed by atoms with Gasteiger partial charge in [-0.05, 0) is 31.5 Å². The van der Waals surface area contributed by atoms with E-state index in [4.69, 9.17) is 9.26 Å². The summed E-state index contributed by atoms with van der Waals surface area (Å²) in [6.45, 7) is 5.93. The maximum atomic E-state index is 5.42. The van der Waals surface area contributed by atoms with Gasteiger partial charge in [0.25, 0.3) is 0 Å². The molecule has 0 aliphatic carbocycles. The van der Waals surface area contributed by atoms with Crippen molar-refractivity contribution in [3.05, 3.63) is 47.6 Å². The molecule has 136 valence electrons. The second-order valence-electron chi connectivity index (χ2n) is 6.91. The van der Waals surface area contributed by atoms with Crippen LogP contribution in [0.25, 0.3) is 0 Å². The standard InChI is InChI=1S/C19H28N4O2/c1-22(13-17-8-9-23(14-17)10-11-24-2)15-19-20-18(21-25-19)12-16-6-4-3-5-7-16/h3-7,17H,8-15H2,1-2H3/t17-/m1/s1. The highest BCUT2D eigenvalue weighted by molar-refractivity contribution is 5.18. The summed E-state index contributed by atoms with van der Waals surface area (Å²) in [5.74, 6) is 2.15. The predicted molar refractivity (Wildman–Crippen MR) is 96.3 cm³/mol. The van der Waals surface area contributed by atoms with Gasteiger partial charge in [0, 0.05) is 33.2 Å². The molecule has 0 saturated carbocycles. The van der Waals surface area contributed by atoms with Gasteiger partial charge in [-0.2, -0.15) is 4.98 Å². The van der Waals surface area contributed by atoms with Gasteiger partial charge in [-0.15, -0.1) is 0 Å². The van der Waals surface area contributed by atoms with Crippen LogP contribution < -0.4 is 0 Å². The second-order valence-corrected chi connectivity index (χ2v) is 6.91. The van der Waals surface area contributed by atoms with E-state index in [1.54, 1.807) is 7.11 Å². The number of hydrogen-bond acceptors (Lipinski definition) is 6. The van der Waals surface area contributed by atoms with Gasteiger partial charge in [-0.1, -0.05) is 35.5 Å². The van der Waals surface area contributed by atoms with Crippen LogP contribution in [0.3, 0.4) is 0 Å². The zero-order chi connectivity index (χ0) is 17.5. The Morgan fingerprint density at radius 2 is 2.16 bits per heavy atom. The third kappa shape index (κ3) is 5.63. The molecule has 2 aromatic rings. The van der Waals surface area contributed by atoms with Crippen LogP contribution in [0.15, 0.2) is 34.9 Å². The smallest absolute Gasteiger partial charge is 0.240 e. The van der Waals surface area contributed by atoms with Crippen molar-refractivity contribution in [2.24, 2.45) is 5.92 Å². The van der Waals surface area contributed by atoms with Crippen molar-refractivity contribution in [1.29, 1.82) is 0 Å². The molecule has 0 spiro atoms. The fourth-order valence-electron chi connectivity index (χ4n) is 3.43. The molecule has 1 saturated heterocycles. The molecule has 0 N–H and O–H groups in total. The van der Waals surface area contributed by atoms with Crippen LogP contribution >= 0.6 is 0 Å². The molecule has 3 rings (SSSR count). The number of aromatic nitrogens is 2. The second kappa shape index (κ2) is 9.08. The van der Waals surface area contributed by atoms with Gasteiger partial charge in [0.05, 0.1) is 13.2 Å². The molecule has 0 amide bonds. The molecule has 1 aliphatic heterocycles. The molecule has 0 radical (unpaired) electrons. The summed E-state index contributed by atoms with van der Waals surface area (Å²) < 4.78 is 10.6. The average molecular weight is 344 g/mol. The Hall–Kier alpha value is -1.76. The molecule has 1 atom stereocenters. The van der Waals surface area contributed by atoms with Crippen molar-refractivity contribution in [3.8, 4) is 0 Å². The maximum absolute atomic E-state index is 5.42. The van der Waals surface area contributed by atoms with Gasteiger partial charge in [-0.25, -0.2) is 0 Å². The Morgan fingerprint density at radius 3 is 2.96 bits per heavy atom. The molecular weight excluding hydrogens is 316 g/mol. The van der Waals surface area contributed by atoms with Crippen LogP contribution in [0.1, 0.15) is 23.7 Å². The first-order valence-corrected chi connectivity index (χ1v) is 8.98. The summed E-state index contributed by atoms with van der Waals surface area (Å²) >= 11 is 0. The van der Waals surface area contributed by atoms with E-state index in [9.17, 15) is 0 Å². The van der Waals surface area contributed by atoms with Crippen LogP contribution in [-0.2, 0) is 17.7 Å². The van der Waals surface area contributed by atoms with Crippen LogP contribution in [0.4, 0.5) is 0 Å². The molecule has 0 unspecified atom stereocenters. The minimum absolute atomic E-state index is 0.697. The van der Waals surface area contributed by atoms with Gasteiger partial charge in [0.15, 0.2) is 5.82 Å². The lowest BCUT2D eigenvalue weighted by molar-refractivity contribution is 0.156. The number of hydrogen-bond donors (Lipinski definition) is 0. The molecular formula is C19H28N4O2. The van der Waals surface area contributed by atoms with E-state index in [2.05, 4.69) is 39.1 Å². The Labute approximate surface area is 149 Å². The molecule has 1 fully saturated rings. The van der Waals surface area contributed by atoms with Crippen LogP contribution in [0.5, 0.6) is 0 Å². The topological polar surface area (TPSA) is 54.6 Å². The number of nitrogens with zero attached hydrogens (tertiary/aromatic N) is 4. The highest BCUT2D eigenvalue weighted by Crippen LogP contribution is 2.17. The van der Waals surface area contributed by atoms with E-state index in [1.807, 2.05) is 18.2 Å². The van der Waals surface area contributed by atoms with Crippen molar-refractivity contribution in [2.75, 3.05) is 46.9 Å². The monoisotopic (exact) mass is 344 g/mol. The van der Waals surface area contributed by atoms with Crippen molar-refractivity contribution in [1.82, 2.24) is 19.9 Å². The van der Waals surface area contributed by atoms with Gasteiger partial charge < -0.3 is 14.2 Å². The molecule has 1 aromatic carbocycles. The van der Waals surface area contributed by atoms with Crippen molar-refractivity contribution in [3.63, 3.8) is 0 Å². The third-order valence-electron chi connectivity index (χ3n) is 4.67. The van der Waals surface area contributed by atoms with Crippen LogP contribution in [0, 0.1) is 5.92 Å². The van der Waals surface area contributed by atoms with E-state index in [-0.39, 0.29) is 0 Å². The number of ether oxygens (including phenoxy) is 1. The third-order valence-corrected chi connectivity index (χ3v) is 4.67. The van der Waals surface area contributed by atoms with E-state index in [0.717, 1.165) is 32.1 Å². The van der Waals surface area contributed by atoms with E-state index >= 15 is 0 Å². The predicted octanol–water partition coefficient (Wildman–Crippen LogP) is 2.06. The van der Waals surface area contributed by atoms with Crippen LogP contribution in [-0.4, -0.2) is 66.9 Å². The maximum Gasteiger partial charge on any atom is 0.240 e. The molecule has 1 aliphatic rings. The highest BCUT2D eigenvalue weighted by Gasteiger charge is 2.23. The minimum atomic E-state index is 0.697. The van der Waals surface area contributed by atoms with Gasteiger partial charge in [0.1, 0.15) is 0 Å². The molecule has 6 heteroatoms.